The van der Waals surface area contributed by atoms with Gasteiger partial charge in [-0.3, -0.25) is 4.79 Å². The number of hydrogen-bond acceptors (Lipinski definition) is 3. The van der Waals surface area contributed by atoms with Gasteiger partial charge in [0.1, 0.15) is 0 Å². The highest BCUT2D eigenvalue weighted by atomic mass is 32.2. The Morgan fingerprint density at radius 1 is 1.04 bits per heavy atom. The minimum absolute atomic E-state index is 0.0839. The molecule has 0 fully saturated rings. The van der Waals surface area contributed by atoms with Crippen LogP contribution < -0.4 is 10.0 Å². The maximum absolute atomic E-state index is 12.7. The monoisotopic (exact) mass is 374 g/mol. The molecule has 0 aliphatic carbocycles. The minimum atomic E-state index is -3.74. The van der Waals surface area contributed by atoms with Crippen molar-refractivity contribution in [1.29, 1.82) is 0 Å². The fourth-order valence-corrected chi connectivity index (χ4v) is 3.77. The molecule has 0 saturated heterocycles. The van der Waals surface area contributed by atoms with Crippen LogP contribution in [0.15, 0.2) is 53.4 Å². The van der Waals surface area contributed by atoms with Crippen LogP contribution in [0.1, 0.15) is 48.3 Å². The Morgan fingerprint density at radius 2 is 1.69 bits per heavy atom. The second-order valence-corrected chi connectivity index (χ2v) is 8.55. The Morgan fingerprint density at radius 3 is 2.31 bits per heavy atom. The molecule has 0 radical (unpaired) electrons. The highest BCUT2D eigenvalue weighted by Gasteiger charge is 2.21. The van der Waals surface area contributed by atoms with E-state index in [-0.39, 0.29) is 16.8 Å². The molecule has 6 heteroatoms. The molecule has 0 aromatic heterocycles. The standard InChI is InChI=1S/C20H26N2O3S/c1-14(2)13-21-20(23)19-12-18(11-10-15(19)3)26(24,25)22-16(4)17-8-6-5-7-9-17/h5-12,14,16,22H,13H2,1-4H3,(H,21,23)/t16-/m1/s1. The molecule has 0 unspecified atom stereocenters. The van der Waals surface area contributed by atoms with Crippen LogP contribution >= 0.6 is 0 Å². The summed E-state index contributed by atoms with van der Waals surface area (Å²) in [5.41, 5.74) is 1.99. The maximum atomic E-state index is 12.7. The first-order valence-electron chi connectivity index (χ1n) is 8.67. The summed E-state index contributed by atoms with van der Waals surface area (Å²) in [4.78, 5) is 12.5. The van der Waals surface area contributed by atoms with Gasteiger partial charge in [0, 0.05) is 18.2 Å². The lowest BCUT2D eigenvalue weighted by molar-refractivity contribution is 0.0948. The Balaban J connectivity index is 2.24. The molecule has 2 rings (SSSR count). The van der Waals surface area contributed by atoms with Gasteiger partial charge < -0.3 is 5.32 Å². The van der Waals surface area contributed by atoms with E-state index < -0.39 is 10.0 Å². The summed E-state index contributed by atoms with van der Waals surface area (Å²) in [5.74, 6) is 0.0592. The molecule has 0 spiro atoms. The minimum Gasteiger partial charge on any atom is -0.352 e. The zero-order chi connectivity index (χ0) is 19.3. The number of carbonyl (C=O) groups excluding carboxylic acids is 1. The van der Waals surface area contributed by atoms with E-state index in [0.29, 0.717) is 18.0 Å². The molecular weight excluding hydrogens is 348 g/mol. The van der Waals surface area contributed by atoms with E-state index in [9.17, 15) is 13.2 Å². The Kier molecular flexibility index (Phi) is 6.56. The Hall–Kier alpha value is -2.18. The van der Waals surface area contributed by atoms with Crippen molar-refractivity contribution in [3.63, 3.8) is 0 Å². The van der Waals surface area contributed by atoms with Gasteiger partial charge in [0.15, 0.2) is 0 Å². The fraction of sp³-hybridized carbons (Fsp3) is 0.350. The van der Waals surface area contributed by atoms with Gasteiger partial charge in [0.05, 0.1) is 4.90 Å². The third kappa shape index (κ3) is 5.16. The molecule has 1 atom stereocenters. The smallest absolute Gasteiger partial charge is 0.251 e. The lowest BCUT2D eigenvalue weighted by Crippen LogP contribution is -2.29. The topological polar surface area (TPSA) is 75.3 Å². The molecule has 0 heterocycles. The highest BCUT2D eigenvalue weighted by Crippen LogP contribution is 2.19. The van der Waals surface area contributed by atoms with Crippen LogP contribution in [0.2, 0.25) is 0 Å². The summed E-state index contributed by atoms with van der Waals surface area (Å²) >= 11 is 0. The molecule has 5 nitrogen and oxygen atoms in total. The van der Waals surface area contributed by atoms with Crippen molar-refractivity contribution >= 4 is 15.9 Å². The van der Waals surface area contributed by atoms with Gasteiger partial charge in [-0.25, -0.2) is 13.1 Å². The van der Waals surface area contributed by atoms with Crippen molar-refractivity contribution in [3.8, 4) is 0 Å². The van der Waals surface area contributed by atoms with Crippen molar-refractivity contribution in [1.82, 2.24) is 10.0 Å². The van der Waals surface area contributed by atoms with Gasteiger partial charge in [0.25, 0.3) is 5.91 Å². The lowest BCUT2D eigenvalue weighted by atomic mass is 10.1. The molecule has 2 N–H and O–H groups in total. The SMILES string of the molecule is Cc1ccc(S(=O)(=O)N[C@H](C)c2ccccc2)cc1C(=O)NCC(C)C. The van der Waals surface area contributed by atoms with E-state index in [1.54, 1.807) is 19.9 Å². The average Bonchev–Trinajstić information content (AvgIpc) is 2.60. The molecule has 1 amide bonds. The third-order valence-corrected chi connectivity index (χ3v) is 5.60. The van der Waals surface area contributed by atoms with Crippen LogP contribution in [0.3, 0.4) is 0 Å². The normalized spacial score (nSPS) is 12.8. The lowest BCUT2D eigenvalue weighted by Gasteiger charge is -2.16. The summed E-state index contributed by atoms with van der Waals surface area (Å²) in [7, 11) is -3.74. The maximum Gasteiger partial charge on any atom is 0.251 e. The molecule has 0 aliphatic rings. The molecular formula is C20H26N2O3S. The third-order valence-electron chi connectivity index (χ3n) is 4.07. The predicted octanol–water partition coefficient (Wildman–Crippen LogP) is 3.42. The summed E-state index contributed by atoms with van der Waals surface area (Å²) in [5, 5.41) is 2.83. The molecule has 0 bridgehead atoms. The van der Waals surface area contributed by atoms with Crippen LogP contribution in [0.5, 0.6) is 0 Å². The van der Waals surface area contributed by atoms with Crippen LogP contribution in [0.25, 0.3) is 0 Å². The van der Waals surface area contributed by atoms with E-state index in [1.807, 2.05) is 44.2 Å². The summed E-state index contributed by atoms with van der Waals surface area (Å²) in [6.07, 6.45) is 0. The number of benzene rings is 2. The first kappa shape index (κ1) is 20.1. The van der Waals surface area contributed by atoms with Gasteiger partial charge in [-0.15, -0.1) is 0 Å². The number of sulfonamides is 1. The molecule has 140 valence electrons. The fourth-order valence-electron chi connectivity index (χ4n) is 2.52. The molecule has 2 aromatic carbocycles. The van der Waals surface area contributed by atoms with E-state index >= 15 is 0 Å². The highest BCUT2D eigenvalue weighted by molar-refractivity contribution is 7.89. The first-order valence-corrected chi connectivity index (χ1v) is 10.1. The van der Waals surface area contributed by atoms with Crippen molar-refractivity contribution in [2.45, 2.75) is 38.6 Å². The first-order chi connectivity index (χ1) is 12.2. The number of aryl methyl sites for hydroxylation is 1. The van der Waals surface area contributed by atoms with Gasteiger partial charge in [-0.05, 0) is 43.0 Å². The van der Waals surface area contributed by atoms with E-state index in [1.165, 1.54) is 12.1 Å². The number of amides is 1. The van der Waals surface area contributed by atoms with Crippen LogP contribution in [0.4, 0.5) is 0 Å². The van der Waals surface area contributed by atoms with E-state index in [0.717, 1.165) is 11.1 Å². The summed E-state index contributed by atoms with van der Waals surface area (Å²) in [6, 6.07) is 13.6. The van der Waals surface area contributed by atoms with Gasteiger partial charge in [0.2, 0.25) is 10.0 Å². The Bertz CT molecular complexity index is 862. The van der Waals surface area contributed by atoms with Crippen molar-refractivity contribution in [2.24, 2.45) is 5.92 Å². The molecule has 2 aromatic rings. The van der Waals surface area contributed by atoms with Crippen molar-refractivity contribution in [3.05, 3.63) is 65.2 Å². The zero-order valence-corrected chi connectivity index (χ0v) is 16.4. The zero-order valence-electron chi connectivity index (χ0n) is 15.6. The molecule has 0 aliphatic heterocycles. The number of hydrogen-bond donors (Lipinski definition) is 2. The van der Waals surface area contributed by atoms with Crippen LogP contribution in [0, 0.1) is 12.8 Å². The largest absolute Gasteiger partial charge is 0.352 e. The van der Waals surface area contributed by atoms with Crippen LogP contribution in [-0.4, -0.2) is 20.9 Å². The van der Waals surface area contributed by atoms with Crippen molar-refractivity contribution in [2.75, 3.05) is 6.54 Å². The van der Waals surface area contributed by atoms with Gasteiger partial charge in [-0.1, -0.05) is 50.2 Å². The summed E-state index contributed by atoms with van der Waals surface area (Å²) < 4.78 is 28.1. The average molecular weight is 375 g/mol. The van der Waals surface area contributed by atoms with Crippen LogP contribution in [-0.2, 0) is 10.0 Å². The quantitative estimate of drug-likeness (QED) is 0.780. The predicted molar refractivity (Wildman–Crippen MR) is 104 cm³/mol. The Labute approximate surface area is 155 Å². The number of rotatable bonds is 7. The summed E-state index contributed by atoms with van der Waals surface area (Å²) in [6.45, 7) is 8.13. The van der Waals surface area contributed by atoms with E-state index in [2.05, 4.69) is 10.0 Å². The number of nitrogens with one attached hydrogen (secondary N) is 2. The molecule has 0 saturated carbocycles. The van der Waals surface area contributed by atoms with Gasteiger partial charge >= 0.3 is 0 Å². The molecule has 26 heavy (non-hydrogen) atoms. The van der Waals surface area contributed by atoms with Crippen molar-refractivity contribution < 1.29 is 13.2 Å². The second-order valence-electron chi connectivity index (χ2n) is 6.83. The number of carbonyl (C=O) groups is 1. The second kappa shape index (κ2) is 8.47. The van der Waals surface area contributed by atoms with Gasteiger partial charge in [-0.2, -0.15) is 0 Å². The van der Waals surface area contributed by atoms with E-state index in [4.69, 9.17) is 0 Å².